The van der Waals surface area contributed by atoms with Crippen LogP contribution in [0.15, 0.2) is 6.20 Å². The first-order valence-corrected chi connectivity index (χ1v) is 7.76. The van der Waals surface area contributed by atoms with Gasteiger partial charge in [-0.3, -0.25) is 14.3 Å². The monoisotopic (exact) mass is 307 g/mol. The third-order valence-corrected chi connectivity index (χ3v) is 4.29. The van der Waals surface area contributed by atoms with E-state index in [1.165, 1.54) is 0 Å². The molecule has 1 aliphatic rings. The number of carboxylic acid groups (broad SMARTS) is 1. The Balaban J connectivity index is 2.28. The lowest BCUT2D eigenvalue weighted by molar-refractivity contribution is -0.142. The average molecular weight is 307 g/mol. The fourth-order valence-electron chi connectivity index (χ4n) is 3.10. The van der Waals surface area contributed by atoms with Gasteiger partial charge in [0, 0.05) is 13.1 Å². The van der Waals surface area contributed by atoms with Crippen LogP contribution in [-0.4, -0.2) is 44.8 Å². The quantitative estimate of drug-likeness (QED) is 0.926. The Hall–Kier alpha value is -1.85. The molecule has 0 aromatic carbocycles. The van der Waals surface area contributed by atoms with Gasteiger partial charge in [0.15, 0.2) is 0 Å². The first-order valence-electron chi connectivity index (χ1n) is 7.76. The van der Waals surface area contributed by atoms with Gasteiger partial charge in [0.25, 0.3) is 5.91 Å². The van der Waals surface area contributed by atoms with Crippen molar-refractivity contribution in [3.63, 3.8) is 0 Å². The van der Waals surface area contributed by atoms with E-state index in [2.05, 4.69) is 5.10 Å². The van der Waals surface area contributed by atoms with Gasteiger partial charge in [-0.25, -0.2) is 0 Å². The van der Waals surface area contributed by atoms with Crippen LogP contribution in [0.5, 0.6) is 0 Å². The molecule has 1 N–H and O–H groups in total. The van der Waals surface area contributed by atoms with Crippen molar-refractivity contribution in [3.8, 4) is 0 Å². The van der Waals surface area contributed by atoms with Crippen molar-refractivity contribution in [1.29, 1.82) is 0 Å². The lowest BCUT2D eigenvalue weighted by Gasteiger charge is -2.23. The fraction of sp³-hybridized carbons (Fsp3) is 0.688. The Labute approximate surface area is 131 Å². The van der Waals surface area contributed by atoms with Gasteiger partial charge in [-0.1, -0.05) is 13.8 Å². The van der Waals surface area contributed by atoms with Crippen LogP contribution in [0.3, 0.4) is 0 Å². The van der Waals surface area contributed by atoms with E-state index >= 15 is 0 Å². The molecule has 1 amide bonds. The second-order valence-corrected chi connectivity index (χ2v) is 7.07. The molecule has 0 saturated carbocycles. The number of likely N-dealkylation sites (tertiary alicyclic amines) is 1. The Kier molecular flexibility index (Phi) is 4.31. The van der Waals surface area contributed by atoms with E-state index in [4.69, 9.17) is 0 Å². The number of hydrogen-bond acceptors (Lipinski definition) is 3. The van der Waals surface area contributed by atoms with Crippen molar-refractivity contribution in [2.75, 3.05) is 13.1 Å². The summed E-state index contributed by atoms with van der Waals surface area (Å²) in [5.74, 6) is -1.44. The molecule has 6 nitrogen and oxygen atoms in total. The van der Waals surface area contributed by atoms with E-state index in [1.807, 2.05) is 39.3 Å². The predicted molar refractivity (Wildman–Crippen MR) is 82.8 cm³/mol. The minimum atomic E-state index is -0.830. The van der Waals surface area contributed by atoms with Gasteiger partial charge in [-0.15, -0.1) is 0 Å². The molecule has 122 valence electrons. The fourth-order valence-corrected chi connectivity index (χ4v) is 3.10. The Morgan fingerprint density at radius 2 is 2.00 bits per heavy atom. The highest BCUT2D eigenvalue weighted by molar-refractivity contribution is 5.95. The molecule has 2 rings (SSSR count). The zero-order chi connectivity index (χ0) is 16.7. The summed E-state index contributed by atoms with van der Waals surface area (Å²) in [6, 6.07) is 0. The van der Waals surface area contributed by atoms with Crippen LogP contribution in [-0.2, 0) is 16.8 Å². The number of hydrogen-bond donors (Lipinski definition) is 1. The third kappa shape index (κ3) is 2.87. The number of aromatic nitrogens is 2. The molecule has 0 radical (unpaired) electrons. The number of aliphatic carboxylic acids is 1. The smallest absolute Gasteiger partial charge is 0.308 e. The number of rotatable bonds is 3. The maximum Gasteiger partial charge on any atom is 0.308 e. The lowest BCUT2D eigenvalue weighted by Crippen LogP contribution is -2.31. The first kappa shape index (κ1) is 16.5. The first-order chi connectivity index (χ1) is 10.2. The number of nitrogens with zero attached hydrogens (tertiary/aromatic N) is 3. The van der Waals surface area contributed by atoms with Crippen LogP contribution in [0.1, 0.15) is 50.7 Å². The maximum absolute atomic E-state index is 12.8. The van der Waals surface area contributed by atoms with Gasteiger partial charge in [-0.2, -0.15) is 5.10 Å². The number of carboxylic acids is 1. The third-order valence-electron chi connectivity index (χ3n) is 4.29. The van der Waals surface area contributed by atoms with Crippen LogP contribution in [0.25, 0.3) is 0 Å². The maximum atomic E-state index is 12.8. The predicted octanol–water partition coefficient (Wildman–Crippen LogP) is 1.99. The highest BCUT2D eigenvalue weighted by Crippen LogP contribution is 2.27. The van der Waals surface area contributed by atoms with Gasteiger partial charge in [0.2, 0.25) is 0 Å². The average Bonchev–Trinajstić information content (AvgIpc) is 3.00. The molecule has 1 aliphatic heterocycles. The zero-order valence-electron chi connectivity index (χ0n) is 14.0. The summed E-state index contributed by atoms with van der Waals surface area (Å²) in [6.07, 6.45) is 2.33. The van der Waals surface area contributed by atoms with E-state index in [0.29, 0.717) is 18.5 Å². The number of carbonyl (C=O) groups is 2. The summed E-state index contributed by atoms with van der Waals surface area (Å²) in [5, 5.41) is 13.6. The largest absolute Gasteiger partial charge is 0.481 e. The van der Waals surface area contributed by atoms with E-state index in [0.717, 1.165) is 5.69 Å². The van der Waals surface area contributed by atoms with Crippen LogP contribution < -0.4 is 0 Å². The summed E-state index contributed by atoms with van der Waals surface area (Å²) >= 11 is 0. The van der Waals surface area contributed by atoms with Gasteiger partial charge in [0.05, 0.1) is 28.9 Å². The van der Waals surface area contributed by atoms with Crippen LogP contribution >= 0.6 is 0 Å². The van der Waals surface area contributed by atoms with Crippen molar-refractivity contribution >= 4 is 11.9 Å². The molecule has 2 heterocycles. The molecule has 1 aromatic heterocycles. The minimum Gasteiger partial charge on any atom is -0.481 e. The second-order valence-electron chi connectivity index (χ2n) is 7.07. The van der Waals surface area contributed by atoms with Gasteiger partial charge in [0.1, 0.15) is 0 Å². The normalized spacial score (nSPS) is 22.1. The molecule has 1 aromatic rings. The van der Waals surface area contributed by atoms with Gasteiger partial charge in [-0.05, 0) is 33.1 Å². The summed E-state index contributed by atoms with van der Waals surface area (Å²) in [5.41, 5.74) is 1.31. The van der Waals surface area contributed by atoms with Crippen molar-refractivity contribution in [3.05, 3.63) is 17.5 Å². The zero-order valence-corrected chi connectivity index (χ0v) is 14.0. The summed E-state index contributed by atoms with van der Waals surface area (Å²) in [4.78, 5) is 25.6. The Morgan fingerprint density at radius 1 is 1.36 bits per heavy atom. The van der Waals surface area contributed by atoms with Crippen LogP contribution in [0, 0.1) is 11.8 Å². The molecule has 1 saturated heterocycles. The molecule has 22 heavy (non-hydrogen) atoms. The Bertz CT molecular complexity index is 586. The van der Waals surface area contributed by atoms with Crippen LogP contribution in [0.4, 0.5) is 0 Å². The SMILES string of the molecule is CCc1c(C(=O)N2C[C@@H](C)[C@H](C(=O)O)C2)cnn1C(C)(C)C. The van der Waals surface area contributed by atoms with Crippen molar-refractivity contribution in [2.24, 2.45) is 11.8 Å². The molecule has 0 unspecified atom stereocenters. The Morgan fingerprint density at radius 3 is 2.45 bits per heavy atom. The molecule has 0 aliphatic carbocycles. The highest BCUT2D eigenvalue weighted by Gasteiger charge is 2.38. The van der Waals surface area contributed by atoms with Crippen molar-refractivity contribution < 1.29 is 14.7 Å². The molecular formula is C16H25N3O3. The van der Waals surface area contributed by atoms with E-state index in [1.54, 1.807) is 11.1 Å². The van der Waals surface area contributed by atoms with Gasteiger partial charge >= 0.3 is 5.97 Å². The second kappa shape index (κ2) is 5.74. The van der Waals surface area contributed by atoms with E-state index in [9.17, 15) is 14.7 Å². The summed E-state index contributed by atoms with van der Waals surface area (Å²) < 4.78 is 1.88. The lowest BCUT2D eigenvalue weighted by atomic mass is 9.99. The summed E-state index contributed by atoms with van der Waals surface area (Å²) in [6.45, 7) is 10.8. The van der Waals surface area contributed by atoms with Crippen molar-refractivity contribution in [1.82, 2.24) is 14.7 Å². The highest BCUT2D eigenvalue weighted by atomic mass is 16.4. The van der Waals surface area contributed by atoms with Crippen molar-refractivity contribution in [2.45, 2.75) is 46.6 Å². The topological polar surface area (TPSA) is 75.4 Å². The molecule has 6 heteroatoms. The molecule has 0 bridgehead atoms. The summed E-state index contributed by atoms with van der Waals surface area (Å²) in [7, 11) is 0. The molecule has 0 spiro atoms. The molecule has 1 fully saturated rings. The number of carbonyl (C=O) groups excluding carboxylic acids is 1. The minimum absolute atomic E-state index is 0.0239. The molecular weight excluding hydrogens is 282 g/mol. The standard InChI is InChI=1S/C16H25N3O3/c1-6-13-11(7-17-19(13)16(3,4)5)14(20)18-8-10(2)12(9-18)15(21)22/h7,10,12H,6,8-9H2,1-5H3,(H,21,22)/t10-,12-/m1/s1. The van der Waals surface area contributed by atoms with E-state index < -0.39 is 11.9 Å². The number of amides is 1. The van der Waals surface area contributed by atoms with Crippen LogP contribution in [0.2, 0.25) is 0 Å². The van der Waals surface area contributed by atoms with E-state index in [-0.39, 0.29) is 23.9 Å². The molecule has 2 atom stereocenters. The van der Waals surface area contributed by atoms with Gasteiger partial charge < -0.3 is 10.0 Å².